The highest BCUT2D eigenvalue weighted by Crippen LogP contribution is 2.63. The van der Waals surface area contributed by atoms with E-state index in [9.17, 15) is 0 Å². The lowest BCUT2D eigenvalue weighted by atomic mass is 9.32. The van der Waals surface area contributed by atoms with E-state index in [-0.39, 0.29) is 13.4 Å². The molecule has 0 N–H and O–H groups in total. The Morgan fingerprint density at radius 1 is 0.261 bits per heavy atom. The van der Waals surface area contributed by atoms with Crippen LogP contribution in [0.5, 0.6) is 0 Å². The Morgan fingerprint density at radius 2 is 0.576 bits per heavy atom. The second-order valence-corrected chi connectivity index (χ2v) is 26.9. The molecule has 0 amide bonds. The molecule has 0 radical (unpaired) electrons. The molecule has 19 rings (SSSR count). The number of hydrogen-bond acceptors (Lipinski definition) is 2. The molecule has 3 heterocycles. The van der Waals surface area contributed by atoms with Gasteiger partial charge in [0.15, 0.2) is 0 Å². The minimum Gasteiger partial charge on any atom is -0.307 e. The number of benzene rings is 14. The Hall–Kier alpha value is -10.7. The smallest absolute Gasteiger partial charge is 0.248 e. The van der Waals surface area contributed by atoms with E-state index in [4.69, 9.17) is 0 Å². The first kappa shape index (κ1) is 53.2. The van der Waals surface area contributed by atoms with Gasteiger partial charge in [-0.15, -0.1) is 0 Å². The Bertz CT molecular complexity index is 5030. The summed E-state index contributed by atoms with van der Waals surface area (Å²) in [5.41, 5.74) is 37.4. The van der Waals surface area contributed by atoms with E-state index in [1.807, 2.05) is 0 Å². The van der Waals surface area contributed by atoms with Crippen molar-refractivity contribution >= 4 is 102 Å². The molecule has 0 atom stereocenters. The van der Waals surface area contributed by atoms with Gasteiger partial charge in [0.25, 0.3) is 0 Å². The Kier molecular flexibility index (Phi) is 11.2. The maximum atomic E-state index is 2.77. The quantitative estimate of drug-likeness (QED) is 0.153. The first-order valence-corrected chi connectivity index (χ1v) is 32.8. The van der Waals surface area contributed by atoms with Crippen LogP contribution in [0.1, 0.15) is 77.9 Å². The zero-order valence-corrected chi connectivity index (χ0v) is 52.6. The number of anilines is 6. The lowest BCUT2D eigenvalue weighted by molar-refractivity contribution is 0.769. The van der Waals surface area contributed by atoms with Gasteiger partial charge in [0, 0.05) is 11.4 Å². The highest BCUT2D eigenvalue weighted by atomic mass is 15.3. The average molecular weight is 1170 g/mol. The Labute approximate surface area is 539 Å². The minimum absolute atomic E-state index is 0.152. The van der Waals surface area contributed by atoms with Gasteiger partial charge in [-0.1, -0.05) is 299 Å². The van der Waals surface area contributed by atoms with Gasteiger partial charge in [-0.25, -0.2) is 0 Å². The van der Waals surface area contributed by atoms with Crippen molar-refractivity contribution in [3.05, 3.63) is 357 Å². The summed E-state index contributed by atoms with van der Waals surface area (Å²) < 4.78 is 0. The molecular formula is C88H64B2N2. The van der Waals surface area contributed by atoms with Crippen LogP contribution < -0.4 is 42.6 Å². The molecule has 3 aliphatic heterocycles. The Morgan fingerprint density at radius 3 is 0.935 bits per heavy atom. The number of aryl methyl sites for hydroxylation is 6. The van der Waals surface area contributed by atoms with Gasteiger partial charge in [0.2, 0.25) is 13.4 Å². The topological polar surface area (TPSA) is 6.48 Å². The lowest BCUT2D eigenvalue weighted by Gasteiger charge is -2.50. The van der Waals surface area contributed by atoms with Crippen molar-refractivity contribution < 1.29 is 0 Å². The SMILES string of the molecule is Cc1cc(C)c(B2c3cc4c(cc3N3c5cc6ccccc6c6c5N(c5cc7c(cc5B6c5c(C)cc(C)cc5C)C(c5ccccc5)(c5ccccc5)c5ccccc5-7)c5cc6ccccc6c2c53)-c2ccccc2C4(c2ccccc2)c2ccccc2)c(C)c1. The van der Waals surface area contributed by atoms with Crippen LogP contribution in [0.4, 0.5) is 34.1 Å². The fourth-order valence-electron chi connectivity index (χ4n) is 18.9. The molecule has 0 bridgehead atoms. The maximum Gasteiger partial charge on any atom is 0.248 e. The summed E-state index contributed by atoms with van der Waals surface area (Å²) in [5, 5.41) is 5.01. The zero-order chi connectivity index (χ0) is 61.5. The van der Waals surface area contributed by atoms with Gasteiger partial charge in [0.05, 0.1) is 33.6 Å². The summed E-state index contributed by atoms with van der Waals surface area (Å²) in [6.45, 7) is 13.7. The third-order valence-corrected chi connectivity index (χ3v) is 22.0. The van der Waals surface area contributed by atoms with Crippen LogP contribution in [-0.2, 0) is 10.8 Å². The first-order chi connectivity index (χ1) is 45.1. The largest absolute Gasteiger partial charge is 0.307 e. The van der Waals surface area contributed by atoms with Gasteiger partial charge >= 0.3 is 0 Å². The van der Waals surface area contributed by atoms with E-state index in [1.165, 1.54) is 189 Å². The maximum absolute atomic E-state index is 2.77. The number of nitrogens with zero attached hydrogens (tertiary/aromatic N) is 2. The molecule has 2 nitrogen and oxygen atoms in total. The van der Waals surface area contributed by atoms with E-state index in [0.717, 1.165) is 0 Å². The van der Waals surface area contributed by atoms with Gasteiger partial charge < -0.3 is 9.80 Å². The summed E-state index contributed by atoms with van der Waals surface area (Å²) in [7, 11) is 0. The van der Waals surface area contributed by atoms with Crippen molar-refractivity contribution in [3.8, 4) is 22.3 Å². The molecule has 0 saturated carbocycles. The van der Waals surface area contributed by atoms with Crippen LogP contribution in [0.2, 0.25) is 0 Å². The zero-order valence-electron chi connectivity index (χ0n) is 52.6. The molecule has 0 fully saturated rings. The van der Waals surface area contributed by atoms with Crippen LogP contribution in [0.3, 0.4) is 0 Å². The molecule has 4 heteroatoms. The lowest BCUT2D eigenvalue weighted by Crippen LogP contribution is -2.62. The molecule has 2 aliphatic carbocycles. The van der Waals surface area contributed by atoms with Crippen LogP contribution in [-0.4, -0.2) is 13.4 Å². The van der Waals surface area contributed by atoms with Crippen molar-refractivity contribution in [2.24, 2.45) is 0 Å². The van der Waals surface area contributed by atoms with Crippen molar-refractivity contribution in [1.29, 1.82) is 0 Å². The normalized spacial score (nSPS) is 14.5. The van der Waals surface area contributed by atoms with E-state index in [0.29, 0.717) is 0 Å². The third kappa shape index (κ3) is 6.91. The summed E-state index contributed by atoms with van der Waals surface area (Å²) in [5.74, 6) is 0. The molecule has 14 aromatic carbocycles. The Balaban J connectivity index is 1.00. The summed E-state index contributed by atoms with van der Waals surface area (Å²) in [6.07, 6.45) is 0. The molecule has 0 aromatic heterocycles. The number of rotatable bonds is 6. The predicted molar refractivity (Wildman–Crippen MR) is 390 cm³/mol. The van der Waals surface area contributed by atoms with Crippen LogP contribution >= 0.6 is 0 Å². The molecular weight excluding hydrogens is 1110 g/mol. The van der Waals surface area contributed by atoms with Crippen molar-refractivity contribution in [3.63, 3.8) is 0 Å². The van der Waals surface area contributed by atoms with Gasteiger partial charge in [-0.3, -0.25) is 0 Å². The van der Waals surface area contributed by atoms with Gasteiger partial charge in [-0.2, -0.15) is 0 Å². The fourth-order valence-corrected chi connectivity index (χ4v) is 18.9. The molecule has 5 aliphatic rings. The van der Waals surface area contributed by atoms with Crippen LogP contribution in [0.15, 0.2) is 279 Å². The van der Waals surface area contributed by atoms with Gasteiger partial charge in [0.1, 0.15) is 0 Å². The second-order valence-electron chi connectivity index (χ2n) is 26.9. The molecule has 0 saturated heterocycles. The van der Waals surface area contributed by atoms with Gasteiger partial charge in [-0.05, 0) is 176 Å². The van der Waals surface area contributed by atoms with E-state index in [1.54, 1.807) is 0 Å². The monoisotopic (exact) mass is 1170 g/mol. The first-order valence-electron chi connectivity index (χ1n) is 32.8. The van der Waals surface area contributed by atoms with E-state index < -0.39 is 10.8 Å². The summed E-state index contributed by atoms with van der Waals surface area (Å²) in [6, 6.07) is 108. The molecule has 0 unspecified atom stereocenters. The van der Waals surface area contributed by atoms with Crippen LogP contribution in [0.25, 0.3) is 43.8 Å². The molecule has 14 aromatic rings. The molecule has 432 valence electrons. The standard InChI is InChI=1S/C88H64B2N2/c1-53-43-55(3)81(56(4)44-53)89-75-51-73-69(67-39-23-25-41-71(67)87(73,61-29-11-7-12-30-61)62-31-13-8-14-32-62)49-77(75)91-80-48-60-28-20-22-38-66(60)84-86(80)92(79-47-59-27-19-21-37-65(59)83(89)85(79)91)78-50-70-68-40-24-26-42-72(68)88(63-33-15-9-16-34-63,64-35-17-10-18-36-64)74(70)52-76(78)90(84)82-57(5)45-54(2)46-58(82)6/h7-52H,1-6H3. The minimum atomic E-state index is -0.603. The predicted octanol–water partition coefficient (Wildman–Crippen LogP) is 17.5. The number of fused-ring (bicyclic) bond motifs is 16. The summed E-state index contributed by atoms with van der Waals surface area (Å²) >= 11 is 0. The molecule has 92 heavy (non-hydrogen) atoms. The van der Waals surface area contributed by atoms with Crippen molar-refractivity contribution in [2.75, 3.05) is 9.80 Å². The number of hydrogen-bond donors (Lipinski definition) is 0. The highest BCUT2D eigenvalue weighted by molar-refractivity contribution is 7.01. The highest BCUT2D eigenvalue weighted by Gasteiger charge is 2.54. The summed E-state index contributed by atoms with van der Waals surface area (Å²) in [4.78, 5) is 5.54. The third-order valence-electron chi connectivity index (χ3n) is 22.0. The molecule has 0 spiro atoms. The van der Waals surface area contributed by atoms with E-state index >= 15 is 0 Å². The fraction of sp³-hybridized carbons (Fsp3) is 0.0909. The van der Waals surface area contributed by atoms with E-state index in [2.05, 4.69) is 330 Å². The van der Waals surface area contributed by atoms with Crippen molar-refractivity contribution in [2.45, 2.75) is 52.4 Å². The van der Waals surface area contributed by atoms with Crippen LogP contribution in [0, 0.1) is 41.5 Å². The second kappa shape index (κ2) is 19.4. The average Bonchev–Trinajstić information content (AvgIpc) is 0.974. The van der Waals surface area contributed by atoms with Crippen molar-refractivity contribution in [1.82, 2.24) is 0 Å².